The number of hydrogen-bond acceptors (Lipinski definition) is 3. The smallest absolute Gasteiger partial charge is 0.191 e. The molecule has 0 radical (unpaired) electrons. The van der Waals surface area contributed by atoms with E-state index in [0.717, 1.165) is 45.0 Å². The number of aliphatic imine (C=N–C) groups is 1. The molecule has 3 rings (SSSR count). The topological polar surface area (TPSA) is 47.8 Å². The summed E-state index contributed by atoms with van der Waals surface area (Å²) in [5.74, 6) is 0.945. The van der Waals surface area contributed by atoms with Gasteiger partial charge in [0.15, 0.2) is 5.96 Å². The molecule has 1 aromatic heterocycles. The minimum Gasteiger partial charge on any atom is -0.357 e. The van der Waals surface area contributed by atoms with Crippen LogP contribution >= 0.6 is 24.0 Å². The van der Waals surface area contributed by atoms with Gasteiger partial charge in [-0.2, -0.15) is 0 Å². The number of likely N-dealkylation sites (N-methyl/N-ethyl adjacent to an activating group) is 1. The third-order valence-corrected chi connectivity index (χ3v) is 5.61. The van der Waals surface area contributed by atoms with Crippen molar-refractivity contribution < 1.29 is 0 Å². The average Bonchev–Trinajstić information content (AvgIpc) is 3.03. The molecule has 1 saturated heterocycles. The maximum atomic E-state index is 4.76. The molecule has 0 unspecified atom stereocenters. The summed E-state index contributed by atoms with van der Waals surface area (Å²) >= 11 is 0. The first kappa shape index (κ1) is 24.9. The van der Waals surface area contributed by atoms with Crippen LogP contribution in [0.2, 0.25) is 0 Å². The van der Waals surface area contributed by atoms with Gasteiger partial charge in [-0.15, -0.1) is 24.0 Å². The Morgan fingerprint density at radius 3 is 2.73 bits per heavy atom. The van der Waals surface area contributed by atoms with E-state index in [9.17, 15) is 0 Å². The maximum absolute atomic E-state index is 4.76. The fraction of sp³-hybridized carbons (Fsp3) is 0.609. The molecule has 1 aliphatic rings. The number of nitrogens with zero attached hydrogens (tertiary/aromatic N) is 4. The second kappa shape index (κ2) is 13.9. The van der Waals surface area contributed by atoms with Gasteiger partial charge in [-0.05, 0) is 70.4 Å². The van der Waals surface area contributed by atoms with Crippen LogP contribution in [-0.2, 0) is 6.54 Å². The summed E-state index contributed by atoms with van der Waals surface area (Å²) in [7, 11) is 2.23. The van der Waals surface area contributed by atoms with Crippen LogP contribution in [0, 0.1) is 0 Å². The van der Waals surface area contributed by atoms with Gasteiger partial charge >= 0.3 is 0 Å². The van der Waals surface area contributed by atoms with Crippen molar-refractivity contribution in [3.63, 3.8) is 0 Å². The van der Waals surface area contributed by atoms with Gasteiger partial charge < -0.3 is 25.0 Å². The minimum atomic E-state index is 0. The van der Waals surface area contributed by atoms with Crippen LogP contribution in [0.3, 0.4) is 0 Å². The van der Waals surface area contributed by atoms with E-state index >= 15 is 0 Å². The highest BCUT2D eigenvalue weighted by atomic mass is 127. The summed E-state index contributed by atoms with van der Waals surface area (Å²) in [5, 5.41) is 8.18. The molecule has 30 heavy (non-hydrogen) atoms. The zero-order valence-electron chi connectivity index (χ0n) is 18.6. The van der Waals surface area contributed by atoms with Crippen molar-refractivity contribution in [2.45, 2.75) is 32.7 Å². The predicted octanol–water partition coefficient (Wildman–Crippen LogP) is 3.23. The van der Waals surface area contributed by atoms with E-state index in [1.165, 1.54) is 50.0 Å². The van der Waals surface area contributed by atoms with E-state index in [0.29, 0.717) is 0 Å². The van der Waals surface area contributed by atoms with Crippen LogP contribution in [0.5, 0.6) is 0 Å². The number of nitrogens with one attached hydrogen (secondary N) is 2. The Labute approximate surface area is 199 Å². The lowest BCUT2D eigenvalue weighted by Gasteiger charge is -2.20. The highest BCUT2D eigenvalue weighted by Gasteiger charge is 2.11. The first-order chi connectivity index (χ1) is 14.3. The largest absolute Gasteiger partial charge is 0.357 e. The molecule has 2 aromatic rings. The fourth-order valence-electron chi connectivity index (χ4n) is 3.94. The van der Waals surface area contributed by atoms with Crippen molar-refractivity contribution in [1.29, 1.82) is 0 Å². The van der Waals surface area contributed by atoms with Crippen molar-refractivity contribution in [2.24, 2.45) is 4.99 Å². The summed E-state index contributed by atoms with van der Waals surface area (Å²) < 4.78 is 2.32. The van der Waals surface area contributed by atoms with Gasteiger partial charge in [0.1, 0.15) is 0 Å². The number of fused-ring (bicyclic) bond motifs is 1. The third-order valence-electron chi connectivity index (χ3n) is 5.61. The molecule has 2 N–H and O–H groups in total. The Hall–Kier alpha value is -1.32. The molecule has 0 atom stereocenters. The lowest BCUT2D eigenvalue weighted by Crippen LogP contribution is -2.39. The number of hydrogen-bond donors (Lipinski definition) is 2. The SMILES string of the molecule is CCNC(=NCCCn1ccc2ccccc21)NCCCN1CCCN(C)CC1.I. The van der Waals surface area contributed by atoms with Gasteiger partial charge in [0, 0.05) is 51.0 Å². The molecule has 7 heteroatoms. The zero-order chi connectivity index (χ0) is 20.3. The van der Waals surface area contributed by atoms with Gasteiger partial charge in [-0.25, -0.2) is 0 Å². The molecular weight excluding hydrogens is 487 g/mol. The third kappa shape index (κ3) is 8.07. The summed E-state index contributed by atoms with van der Waals surface area (Å²) in [4.78, 5) is 9.79. The Bertz CT molecular complexity index is 759. The number of rotatable bonds is 9. The van der Waals surface area contributed by atoms with Crippen LogP contribution in [0.15, 0.2) is 41.5 Å². The van der Waals surface area contributed by atoms with Gasteiger partial charge in [0.05, 0.1) is 0 Å². The molecule has 0 saturated carbocycles. The van der Waals surface area contributed by atoms with Crippen LogP contribution in [-0.4, -0.2) is 79.7 Å². The number of aromatic nitrogens is 1. The highest BCUT2D eigenvalue weighted by molar-refractivity contribution is 14.0. The van der Waals surface area contributed by atoms with Crippen molar-refractivity contribution in [3.8, 4) is 0 Å². The summed E-state index contributed by atoms with van der Waals surface area (Å²) in [6, 6.07) is 10.7. The highest BCUT2D eigenvalue weighted by Crippen LogP contribution is 2.15. The molecule has 2 heterocycles. The van der Waals surface area contributed by atoms with Crippen LogP contribution in [0.1, 0.15) is 26.2 Å². The fourth-order valence-corrected chi connectivity index (χ4v) is 3.94. The van der Waals surface area contributed by atoms with Gasteiger partial charge in [0.25, 0.3) is 0 Å². The monoisotopic (exact) mass is 526 g/mol. The molecule has 0 spiro atoms. The second-order valence-corrected chi connectivity index (χ2v) is 7.96. The number of halogens is 1. The van der Waals surface area contributed by atoms with E-state index < -0.39 is 0 Å². The Balaban J connectivity index is 0.00000320. The number of benzene rings is 1. The molecule has 1 aromatic carbocycles. The number of para-hydroxylation sites is 1. The van der Waals surface area contributed by atoms with Gasteiger partial charge in [-0.1, -0.05) is 18.2 Å². The Morgan fingerprint density at radius 1 is 1.00 bits per heavy atom. The summed E-state index contributed by atoms with van der Waals surface area (Å²) in [6.07, 6.45) is 5.66. The molecule has 168 valence electrons. The molecule has 0 aliphatic carbocycles. The minimum absolute atomic E-state index is 0. The lowest BCUT2D eigenvalue weighted by atomic mass is 10.2. The molecule has 1 fully saturated rings. The van der Waals surface area contributed by atoms with Crippen molar-refractivity contribution in [3.05, 3.63) is 36.5 Å². The second-order valence-electron chi connectivity index (χ2n) is 7.96. The Morgan fingerprint density at radius 2 is 1.87 bits per heavy atom. The van der Waals surface area contributed by atoms with Crippen molar-refractivity contribution >= 4 is 40.8 Å². The van der Waals surface area contributed by atoms with E-state index in [2.05, 4.69) is 75.5 Å². The van der Waals surface area contributed by atoms with Crippen LogP contribution in [0.25, 0.3) is 10.9 Å². The Kier molecular flexibility index (Phi) is 11.5. The van der Waals surface area contributed by atoms with E-state index in [1.54, 1.807) is 0 Å². The van der Waals surface area contributed by atoms with Crippen molar-refractivity contribution in [2.75, 3.05) is 59.4 Å². The normalized spacial score (nSPS) is 16.3. The van der Waals surface area contributed by atoms with Crippen molar-refractivity contribution in [1.82, 2.24) is 25.0 Å². The lowest BCUT2D eigenvalue weighted by molar-refractivity contribution is 0.274. The predicted molar refractivity (Wildman–Crippen MR) is 139 cm³/mol. The van der Waals surface area contributed by atoms with Crippen LogP contribution < -0.4 is 10.6 Å². The number of guanidine groups is 1. The standard InChI is InChI=1S/C23H38N6.HI/c1-3-24-23(25-12-6-15-28-16-8-14-27(2)19-20-28)26-13-7-17-29-18-11-21-9-4-5-10-22(21)29;/h4-5,9-11,18H,3,6-8,12-17,19-20H2,1-2H3,(H2,24,25,26);1H. The van der Waals surface area contributed by atoms with E-state index in [-0.39, 0.29) is 24.0 Å². The molecule has 0 bridgehead atoms. The van der Waals surface area contributed by atoms with Crippen LogP contribution in [0.4, 0.5) is 0 Å². The van der Waals surface area contributed by atoms with E-state index in [1.807, 2.05) is 0 Å². The zero-order valence-corrected chi connectivity index (χ0v) is 21.0. The molecule has 0 amide bonds. The molecule has 1 aliphatic heterocycles. The first-order valence-corrected chi connectivity index (χ1v) is 11.2. The maximum Gasteiger partial charge on any atom is 0.191 e. The quantitative estimate of drug-likeness (QED) is 0.228. The summed E-state index contributed by atoms with van der Waals surface area (Å²) in [6.45, 7) is 11.8. The van der Waals surface area contributed by atoms with Gasteiger partial charge in [0.2, 0.25) is 0 Å². The van der Waals surface area contributed by atoms with Gasteiger partial charge in [-0.3, -0.25) is 4.99 Å². The first-order valence-electron chi connectivity index (χ1n) is 11.2. The average molecular weight is 527 g/mol. The summed E-state index contributed by atoms with van der Waals surface area (Å²) in [5.41, 5.74) is 1.31. The van der Waals surface area contributed by atoms with E-state index in [4.69, 9.17) is 4.99 Å². The molecular formula is C23H39IN6. The number of aryl methyl sites for hydroxylation is 1. The molecule has 6 nitrogen and oxygen atoms in total.